The summed E-state index contributed by atoms with van der Waals surface area (Å²) in [6, 6.07) is 12.9. The fraction of sp³-hybridized carbons (Fsp3) is 0.211. The van der Waals surface area contributed by atoms with Crippen molar-refractivity contribution in [3.05, 3.63) is 53.6 Å². The normalized spacial score (nSPS) is 10.5. The van der Waals surface area contributed by atoms with Crippen LogP contribution < -0.4 is 19.6 Å². The summed E-state index contributed by atoms with van der Waals surface area (Å²) < 4.78 is 40.4. The monoisotopic (exact) mass is 389 g/mol. The topological polar surface area (TPSA) is 92.9 Å². The third-order valence-corrected chi connectivity index (χ3v) is 3.28. The zero-order valence-corrected chi connectivity index (χ0v) is 14.9. The highest BCUT2D eigenvalue weighted by atomic mass is 19.3. The van der Waals surface area contributed by atoms with E-state index in [1.165, 1.54) is 12.1 Å². The van der Waals surface area contributed by atoms with Gasteiger partial charge < -0.3 is 14.2 Å². The van der Waals surface area contributed by atoms with Gasteiger partial charge in [-0.2, -0.15) is 19.1 Å². The highest BCUT2D eigenvalue weighted by Crippen LogP contribution is 2.31. The summed E-state index contributed by atoms with van der Waals surface area (Å²) in [5.41, 5.74) is 2.70. The molecule has 2 rings (SSSR count). The molecule has 0 atom stereocenters. The van der Waals surface area contributed by atoms with Gasteiger partial charge in [-0.3, -0.25) is 4.79 Å². The number of nitrogens with zero attached hydrogens (tertiary/aromatic N) is 2. The van der Waals surface area contributed by atoms with Gasteiger partial charge in [-0.15, -0.1) is 0 Å². The first-order chi connectivity index (χ1) is 13.5. The Kier molecular flexibility index (Phi) is 7.72. The van der Waals surface area contributed by atoms with E-state index in [2.05, 4.69) is 15.3 Å². The van der Waals surface area contributed by atoms with E-state index in [1.54, 1.807) is 37.3 Å². The minimum atomic E-state index is -3.04. The summed E-state index contributed by atoms with van der Waals surface area (Å²) in [7, 11) is 0. The number of carbonyl (C=O) groups excluding carboxylic acids is 1. The maximum Gasteiger partial charge on any atom is 0.387 e. The van der Waals surface area contributed by atoms with Crippen LogP contribution in [0.15, 0.2) is 47.6 Å². The quantitative estimate of drug-likeness (QED) is 0.526. The molecule has 1 N–H and O–H groups in total. The van der Waals surface area contributed by atoms with Gasteiger partial charge in [0.2, 0.25) is 0 Å². The van der Waals surface area contributed by atoms with E-state index in [-0.39, 0.29) is 36.0 Å². The number of rotatable bonds is 9. The Balaban J connectivity index is 2.01. The average Bonchev–Trinajstić information content (AvgIpc) is 2.68. The lowest BCUT2D eigenvalue weighted by molar-refractivity contribution is -0.123. The number of hydrazone groups is 1. The van der Waals surface area contributed by atoms with Crippen molar-refractivity contribution in [1.29, 1.82) is 5.26 Å². The van der Waals surface area contributed by atoms with E-state index in [4.69, 9.17) is 14.7 Å². The predicted molar refractivity (Wildman–Crippen MR) is 96.6 cm³/mol. The smallest absolute Gasteiger partial charge is 0.387 e. The van der Waals surface area contributed by atoms with Crippen LogP contribution in [0.4, 0.5) is 8.78 Å². The fourth-order valence-corrected chi connectivity index (χ4v) is 2.15. The van der Waals surface area contributed by atoms with E-state index in [0.29, 0.717) is 5.56 Å². The van der Waals surface area contributed by atoms with Gasteiger partial charge in [0.15, 0.2) is 18.1 Å². The van der Waals surface area contributed by atoms with Gasteiger partial charge in [-0.1, -0.05) is 18.2 Å². The number of halogens is 2. The van der Waals surface area contributed by atoms with Crippen molar-refractivity contribution in [1.82, 2.24) is 5.43 Å². The number of amides is 1. The Hall–Kier alpha value is -3.67. The third kappa shape index (κ3) is 5.95. The van der Waals surface area contributed by atoms with E-state index >= 15 is 0 Å². The zero-order valence-electron chi connectivity index (χ0n) is 14.9. The molecule has 9 heteroatoms. The van der Waals surface area contributed by atoms with Crippen molar-refractivity contribution < 1.29 is 27.8 Å². The molecule has 0 aliphatic heterocycles. The summed E-state index contributed by atoms with van der Waals surface area (Å²) in [4.78, 5) is 11.8. The Labute approximate surface area is 160 Å². The first-order valence-corrected chi connectivity index (χ1v) is 8.19. The number of carbonyl (C=O) groups is 1. The number of hydrogen-bond donors (Lipinski definition) is 1. The Morgan fingerprint density at radius 1 is 1.21 bits per heavy atom. The summed E-state index contributed by atoms with van der Waals surface area (Å²) in [6.45, 7) is -1.46. The molecule has 7 nitrogen and oxygen atoms in total. The van der Waals surface area contributed by atoms with Gasteiger partial charge >= 0.3 is 6.61 Å². The van der Waals surface area contributed by atoms with Gasteiger partial charge in [0.05, 0.1) is 18.4 Å². The molecule has 2 aromatic rings. The predicted octanol–water partition coefficient (Wildman–Crippen LogP) is 3.09. The Bertz CT molecular complexity index is 882. The van der Waals surface area contributed by atoms with Crippen LogP contribution in [-0.4, -0.2) is 31.9 Å². The molecule has 0 saturated carbocycles. The molecule has 146 valence electrons. The molecule has 0 radical (unpaired) electrons. The number of hydrogen-bond acceptors (Lipinski definition) is 6. The van der Waals surface area contributed by atoms with Crippen molar-refractivity contribution in [2.45, 2.75) is 13.5 Å². The van der Waals surface area contributed by atoms with E-state index in [0.717, 1.165) is 6.21 Å². The zero-order chi connectivity index (χ0) is 20.4. The van der Waals surface area contributed by atoms with E-state index in [9.17, 15) is 13.6 Å². The summed E-state index contributed by atoms with van der Waals surface area (Å²) >= 11 is 0. The number of benzene rings is 2. The van der Waals surface area contributed by atoms with Crippen molar-refractivity contribution in [3.8, 4) is 23.3 Å². The standard InChI is InChI=1S/C19H17F2N3O4/c1-2-26-16-9-5-7-14(18(16)28-19(20)21)11-23-24-17(25)12-27-15-8-4-3-6-13(15)10-22/h3-9,11,19H,2,12H2,1H3,(H,24,25)/b23-11-. The maximum atomic E-state index is 12.7. The molecule has 0 aliphatic rings. The molecule has 0 aromatic heterocycles. The van der Waals surface area contributed by atoms with Crippen LogP contribution in [0.2, 0.25) is 0 Å². The average molecular weight is 389 g/mol. The second-order valence-corrected chi connectivity index (χ2v) is 5.18. The van der Waals surface area contributed by atoms with Crippen LogP contribution in [0.1, 0.15) is 18.1 Å². The van der Waals surface area contributed by atoms with Crippen molar-refractivity contribution in [2.75, 3.05) is 13.2 Å². The van der Waals surface area contributed by atoms with Crippen LogP contribution in [0, 0.1) is 11.3 Å². The Morgan fingerprint density at radius 3 is 2.68 bits per heavy atom. The van der Waals surface area contributed by atoms with Gasteiger partial charge in [-0.25, -0.2) is 5.43 Å². The number of nitriles is 1. The molecule has 0 heterocycles. The highest BCUT2D eigenvalue weighted by Gasteiger charge is 2.14. The summed E-state index contributed by atoms with van der Waals surface area (Å²) in [5.74, 6) is -0.381. The van der Waals surface area contributed by atoms with Crippen LogP contribution in [0.3, 0.4) is 0 Å². The minimum Gasteiger partial charge on any atom is -0.490 e. The lowest BCUT2D eigenvalue weighted by atomic mass is 10.2. The first kappa shape index (κ1) is 20.6. The van der Waals surface area contributed by atoms with Crippen LogP contribution in [-0.2, 0) is 4.79 Å². The van der Waals surface area contributed by atoms with Crippen molar-refractivity contribution >= 4 is 12.1 Å². The molecule has 0 aliphatic carbocycles. The first-order valence-electron chi connectivity index (χ1n) is 8.19. The maximum absolute atomic E-state index is 12.7. The lowest BCUT2D eigenvalue weighted by Gasteiger charge is -2.13. The SMILES string of the molecule is CCOc1cccc(/C=N\NC(=O)COc2ccccc2C#N)c1OC(F)F. The molecule has 0 bridgehead atoms. The van der Waals surface area contributed by atoms with E-state index in [1.807, 2.05) is 6.07 Å². The van der Waals surface area contributed by atoms with Crippen LogP contribution in [0.5, 0.6) is 17.2 Å². The van der Waals surface area contributed by atoms with Gasteiger partial charge in [0.1, 0.15) is 11.8 Å². The summed E-state index contributed by atoms with van der Waals surface area (Å²) in [5, 5.41) is 12.7. The molecule has 0 saturated heterocycles. The van der Waals surface area contributed by atoms with Crippen molar-refractivity contribution in [2.24, 2.45) is 5.10 Å². The number of ether oxygens (including phenoxy) is 3. The molecular formula is C19H17F2N3O4. The van der Waals surface area contributed by atoms with Crippen LogP contribution in [0.25, 0.3) is 0 Å². The second-order valence-electron chi connectivity index (χ2n) is 5.18. The molecule has 0 spiro atoms. The van der Waals surface area contributed by atoms with Crippen molar-refractivity contribution in [3.63, 3.8) is 0 Å². The largest absolute Gasteiger partial charge is 0.490 e. The molecule has 0 fully saturated rings. The van der Waals surface area contributed by atoms with E-state index < -0.39 is 12.5 Å². The molecule has 28 heavy (non-hydrogen) atoms. The summed E-state index contributed by atoms with van der Waals surface area (Å²) in [6.07, 6.45) is 1.15. The van der Waals surface area contributed by atoms with Crippen LogP contribution >= 0.6 is 0 Å². The number of para-hydroxylation sites is 2. The third-order valence-electron chi connectivity index (χ3n) is 3.28. The highest BCUT2D eigenvalue weighted by molar-refractivity contribution is 5.86. The van der Waals surface area contributed by atoms with Gasteiger partial charge in [-0.05, 0) is 31.2 Å². The lowest BCUT2D eigenvalue weighted by Crippen LogP contribution is -2.24. The molecule has 1 amide bonds. The van der Waals surface area contributed by atoms with Gasteiger partial charge in [0, 0.05) is 5.56 Å². The number of nitrogens with one attached hydrogen (secondary N) is 1. The molecular weight excluding hydrogens is 372 g/mol. The molecule has 2 aromatic carbocycles. The minimum absolute atomic E-state index is 0.134. The Morgan fingerprint density at radius 2 is 1.96 bits per heavy atom. The second kappa shape index (κ2) is 10.5. The number of alkyl halides is 2. The van der Waals surface area contributed by atoms with Gasteiger partial charge in [0.25, 0.3) is 5.91 Å². The fourth-order valence-electron chi connectivity index (χ4n) is 2.15. The molecule has 0 unspecified atom stereocenters.